The predicted octanol–water partition coefficient (Wildman–Crippen LogP) is 2.69. The SMILES string of the molecule is CC(C)Cn1cc(-c2cnc3[nH]cc(/C=C/C(N)=O)c3c2)cc(F)c1=O. The van der Waals surface area contributed by atoms with Gasteiger partial charge in [0.2, 0.25) is 5.91 Å². The molecule has 0 aliphatic carbocycles. The molecule has 3 rings (SSSR count). The van der Waals surface area contributed by atoms with Crippen molar-refractivity contribution in [2.75, 3.05) is 0 Å². The number of primary amides is 1. The summed E-state index contributed by atoms with van der Waals surface area (Å²) in [5, 5.41) is 0.766. The average molecular weight is 354 g/mol. The van der Waals surface area contributed by atoms with Gasteiger partial charge in [0.05, 0.1) is 0 Å². The summed E-state index contributed by atoms with van der Waals surface area (Å²) in [5.74, 6) is -1.14. The van der Waals surface area contributed by atoms with Gasteiger partial charge < -0.3 is 15.3 Å². The van der Waals surface area contributed by atoms with Gasteiger partial charge in [0.1, 0.15) is 5.65 Å². The topological polar surface area (TPSA) is 93.8 Å². The van der Waals surface area contributed by atoms with Crippen LogP contribution in [0.3, 0.4) is 0 Å². The molecule has 7 heteroatoms. The minimum absolute atomic E-state index is 0.207. The van der Waals surface area contributed by atoms with Crippen LogP contribution in [0.15, 0.2) is 41.6 Å². The number of halogens is 1. The van der Waals surface area contributed by atoms with E-state index in [1.165, 1.54) is 16.7 Å². The zero-order valence-corrected chi connectivity index (χ0v) is 14.5. The van der Waals surface area contributed by atoms with Gasteiger partial charge in [-0.05, 0) is 24.1 Å². The minimum Gasteiger partial charge on any atom is -0.366 e. The number of nitrogens with two attached hydrogens (primary N) is 1. The number of pyridine rings is 2. The van der Waals surface area contributed by atoms with Crippen molar-refractivity contribution in [3.8, 4) is 11.1 Å². The standard InChI is InChI=1S/C19H19FN4O2/c1-11(2)9-24-10-14(6-16(20)19(24)26)13-5-15-12(3-4-17(21)25)7-22-18(15)23-8-13/h3-8,10-11H,9H2,1-2H3,(H2,21,25)(H,22,23)/b4-3+. The third-order valence-electron chi connectivity index (χ3n) is 3.93. The third-order valence-corrected chi connectivity index (χ3v) is 3.93. The first-order valence-corrected chi connectivity index (χ1v) is 8.20. The largest absolute Gasteiger partial charge is 0.366 e. The first-order valence-electron chi connectivity index (χ1n) is 8.20. The minimum atomic E-state index is -0.800. The van der Waals surface area contributed by atoms with E-state index in [-0.39, 0.29) is 5.92 Å². The summed E-state index contributed by atoms with van der Waals surface area (Å²) in [4.78, 5) is 30.3. The van der Waals surface area contributed by atoms with Crippen LogP contribution in [0.5, 0.6) is 0 Å². The highest BCUT2D eigenvalue weighted by molar-refractivity contribution is 5.95. The Labute approximate surface area is 149 Å². The third kappa shape index (κ3) is 3.56. The monoisotopic (exact) mass is 354 g/mol. The summed E-state index contributed by atoms with van der Waals surface area (Å²) in [7, 11) is 0. The van der Waals surface area contributed by atoms with Crippen molar-refractivity contribution in [1.82, 2.24) is 14.5 Å². The van der Waals surface area contributed by atoms with Gasteiger partial charge in [0.25, 0.3) is 5.56 Å². The van der Waals surface area contributed by atoms with E-state index in [9.17, 15) is 14.0 Å². The van der Waals surface area contributed by atoms with Crippen LogP contribution in [-0.4, -0.2) is 20.4 Å². The van der Waals surface area contributed by atoms with Gasteiger partial charge >= 0.3 is 0 Å². The zero-order chi connectivity index (χ0) is 18.8. The van der Waals surface area contributed by atoms with Crippen LogP contribution in [0.2, 0.25) is 0 Å². The van der Waals surface area contributed by atoms with Gasteiger partial charge in [-0.2, -0.15) is 0 Å². The molecular formula is C19H19FN4O2. The fourth-order valence-corrected chi connectivity index (χ4v) is 2.78. The molecular weight excluding hydrogens is 335 g/mol. The Bertz CT molecular complexity index is 1060. The van der Waals surface area contributed by atoms with Crippen LogP contribution < -0.4 is 11.3 Å². The van der Waals surface area contributed by atoms with E-state index in [1.807, 2.05) is 19.9 Å². The zero-order valence-electron chi connectivity index (χ0n) is 14.5. The van der Waals surface area contributed by atoms with Gasteiger partial charge in [0, 0.05) is 53.3 Å². The van der Waals surface area contributed by atoms with E-state index in [4.69, 9.17) is 5.73 Å². The van der Waals surface area contributed by atoms with Gasteiger partial charge in [-0.3, -0.25) is 9.59 Å². The Hall–Kier alpha value is -3.22. The molecule has 0 aliphatic heterocycles. The van der Waals surface area contributed by atoms with Crippen molar-refractivity contribution in [3.05, 3.63) is 58.5 Å². The smallest absolute Gasteiger partial charge is 0.286 e. The molecule has 26 heavy (non-hydrogen) atoms. The maximum atomic E-state index is 14.1. The molecule has 0 unspecified atom stereocenters. The number of hydrogen-bond donors (Lipinski definition) is 2. The fraction of sp³-hybridized carbons (Fsp3) is 0.211. The molecule has 0 spiro atoms. The molecule has 0 atom stereocenters. The summed E-state index contributed by atoms with van der Waals surface area (Å²) in [5.41, 5.74) is 7.10. The molecule has 3 heterocycles. The quantitative estimate of drug-likeness (QED) is 0.690. The Morgan fingerprint density at radius 3 is 2.85 bits per heavy atom. The van der Waals surface area contributed by atoms with E-state index >= 15 is 0 Å². The number of hydrogen-bond acceptors (Lipinski definition) is 3. The second kappa shape index (κ2) is 6.95. The molecule has 6 nitrogen and oxygen atoms in total. The number of carbonyl (C=O) groups excluding carboxylic acids is 1. The molecule has 1 amide bonds. The Morgan fingerprint density at radius 1 is 1.38 bits per heavy atom. The fourth-order valence-electron chi connectivity index (χ4n) is 2.78. The molecule has 134 valence electrons. The first-order chi connectivity index (χ1) is 12.3. The number of aromatic nitrogens is 3. The van der Waals surface area contributed by atoms with Crippen LogP contribution >= 0.6 is 0 Å². The van der Waals surface area contributed by atoms with E-state index in [1.54, 1.807) is 24.7 Å². The summed E-state index contributed by atoms with van der Waals surface area (Å²) < 4.78 is 15.5. The summed E-state index contributed by atoms with van der Waals surface area (Å²) in [6.07, 6.45) is 7.81. The number of fused-ring (bicyclic) bond motifs is 1. The van der Waals surface area contributed by atoms with Gasteiger partial charge in [-0.15, -0.1) is 0 Å². The number of nitrogens with zero attached hydrogens (tertiary/aromatic N) is 2. The lowest BCUT2D eigenvalue weighted by atomic mass is 10.1. The normalized spacial score (nSPS) is 11.7. The molecule has 3 aromatic heterocycles. The highest BCUT2D eigenvalue weighted by atomic mass is 19.1. The number of rotatable bonds is 5. The Balaban J connectivity index is 2.10. The molecule has 3 N–H and O–H groups in total. The van der Waals surface area contributed by atoms with Crippen LogP contribution in [0.1, 0.15) is 19.4 Å². The number of carbonyl (C=O) groups is 1. The molecule has 0 saturated heterocycles. The Kier molecular flexibility index (Phi) is 4.71. The van der Waals surface area contributed by atoms with Crippen molar-refractivity contribution in [2.45, 2.75) is 20.4 Å². The summed E-state index contributed by atoms with van der Waals surface area (Å²) in [6.45, 7) is 4.35. The second-order valence-electron chi connectivity index (χ2n) is 6.53. The van der Waals surface area contributed by atoms with E-state index in [0.29, 0.717) is 23.3 Å². The molecule has 0 bridgehead atoms. The maximum absolute atomic E-state index is 14.1. The lowest BCUT2D eigenvalue weighted by Crippen LogP contribution is -2.24. The van der Waals surface area contributed by atoms with Crippen LogP contribution in [0, 0.1) is 11.7 Å². The first kappa shape index (κ1) is 17.6. The van der Waals surface area contributed by atoms with Crippen molar-refractivity contribution < 1.29 is 9.18 Å². The molecule has 0 aliphatic rings. The summed E-state index contributed by atoms with van der Waals surface area (Å²) in [6, 6.07) is 3.05. The van der Waals surface area contributed by atoms with Gasteiger partial charge in [0.15, 0.2) is 5.82 Å². The number of aromatic amines is 1. The molecule has 0 aromatic carbocycles. The summed E-state index contributed by atoms with van der Waals surface area (Å²) >= 11 is 0. The molecule has 0 radical (unpaired) electrons. The van der Waals surface area contributed by atoms with E-state index < -0.39 is 17.3 Å². The van der Waals surface area contributed by atoms with Gasteiger partial charge in [-0.25, -0.2) is 9.37 Å². The lowest BCUT2D eigenvalue weighted by Gasteiger charge is -2.11. The van der Waals surface area contributed by atoms with Crippen LogP contribution in [0.4, 0.5) is 4.39 Å². The maximum Gasteiger partial charge on any atom is 0.286 e. The number of H-pyrrole nitrogens is 1. The Morgan fingerprint density at radius 2 is 2.15 bits per heavy atom. The van der Waals surface area contributed by atoms with Crippen molar-refractivity contribution in [3.63, 3.8) is 0 Å². The number of amides is 1. The number of nitrogens with one attached hydrogen (secondary N) is 1. The van der Waals surface area contributed by atoms with E-state index in [2.05, 4.69) is 9.97 Å². The molecule has 0 saturated carbocycles. The lowest BCUT2D eigenvalue weighted by molar-refractivity contribution is -0.113. The highest BCUT2D eigenvalue weighted by Gasteiger charge is 2.11. The van der Waals surface area contributed by atoms with Crippen molar-refractivity contribution >= 4 is 23.0 Å². The van der Waals surface area contributed by atoms with Crippen LogP contribution in [0.25, 0.3) is 28.2 Å². The van der Waals surface area contributed by atoms with Crippen LogP contribution in [-0.2, 0) is 11.3 Å². The highest BCUT2D eigenvalue weighted by Crippen LogP contribution is 2.25. The van der Waals surface area contributed by atoms with Crippen molar-refractivity contribution in [2.24, 2.45) is 11.7 Å². The van der Waals surface area contributed by atoms with Gasteiger partial charge in [-0.1, -0.05) is 13.8 Å². The van der Waals surface area contributed by atoms with Crippen molar-refractivity contribution in [1.29, 1.82) is 0 Å². The molecule has 0 fully saturated rings. The molecule has 3 aromatic rings. The second-order valence-corrected chi connectivity index (χ2v) is 6.53. The predicted molar refractivity (Wildman–Crippen MR) is 98.8 cm³/mol. The van der Waals surface area contributed by atoms with E-state index in [0.717, 1.165) is 10.9 Å². The average Bonchev–Trinajstić information content (AvgIpc) is 2.98.